The molecule has 6 heteroatoms. The van der Waals surface area contributed by atoms with Gasteiger partial charge in [-0.05, 0) is 30.3 Å². The molecule has 0 atom stereocenters. The number of rotatable bonds is 4. The summed E-state index contributed by atoms with van der Waals surface area (Å²) in [4.78, 5) is 8.88. The number of phenolic OH excluding ortho intramolecular Hbond substituents is 1. The molecule has 0 radical (unpaired) electrons. The van der Waals surface area contributed by atoms with E-state index in [4.69, 9.17) is 4.74 Å². The van der Waals surface area contributed by atoms with Crippen molar-refractivity contribution in [3.05, 3.63) is 67.0 Å². The van der Waals surface area contributed by atoms with Gasteiger partial charge >= 0.3 is 0 Å². The van der Waals surface area contributed by atoms with Crippen LogP contribution < -0.4 is 10.1 Å². The third-order valence-corrected chi connectivity index (χ3v) is 3.92. The number of benzene rings is 2. The minimum absolute atomic E-state index is 0.161. The third kappa shape index (κ3) is 2.63. The second-order valence-corrected chi connectivity index (χ2v) is 5.44. The number of para-hydroxylation sites is 3. The first kappa shape index (κ1) is 15.0. The van der Waals surface area contributed by atoms with Crippen LogP contribution in [0.2, 0.25) is 0 Å². The zero-order chi connectivity index (χ0) is 17.2. The molecular weight excluding hydrogens is 316 g/mol. The van der Waals surface area contributed by atoms with Crippen molar-refractivity contribution >= 4 is 17.3 Å². The number of nitrogens with zero attached hydrogens (tertiary/aromatic N) is 3. The van der Waals surface area contributed by atoms with E-state index < -0.39 is 0 Å². The Labute approximate surface area is 144 Å². The van der Waals surface area contributed by atoms with E-state index in [1.165, 1.54) is 0 Å². The molecular formula is C19H16N4O2. The van der Waals surface area contributed by atoms with Crippen LogP contribution in [0.5, 0.6) is 11.5 Å². The first-order valence-corrected chi connectivity index (χ1v) is 7.79. The number of hydrogen-bond acceptors (Lipinski definition) is 5. The molecule has 6 nitrogen and oxygen atoms in total. The number of phenols is 1. The van der Waals surface area contributed by atoms with Gasteiger partial charge in [0, 0.05) is 18.0 Å². The lowest BCUT2D eigenvalue weighted by Crippen LogP contribution is -1.99. The molecule has 0 aliphatic carbocycles. The summed E-state index contributed by atoms with van der Waals surface area (Å²) >= 11 is 0. The van der Waals surface area contributed by atoms with Gasteiger partial charge in [0.1, 0.15) is 23.0 Å². The van der Waals surface area contributed by atoms with Crippen molar-refractivity contribution < 1.29 is 9.84 Å². The highest BCUT2D eigenvalue weighted by Crippen LogP contribution is 2.37. The van der Waals surface area contributed by atoms with Crippen LogP contribution in [0.4, 0.5) is 11.5 Å². The fraction of sp³-hybridized carbons (Fsp3) is 0.0526. The highest BCUT2D eigenvalue weighted by Gasteiger charge is 2.18. The van der Waals surface area contributed by atoms with Crippen LogP contribution in [0.25, 0.3) is 17.0 Å². The molecule has 4 aromatic rings. The van der Waals surface area contributed by atoms with Crippen LogP contribution in [-0.2, 0) is 0 Å². The lowest BCUT2D eigenvalue weighted by atomic mass is 10.1. The summed E-state index contributed by atoms with van der Waals surface area (Å²) < 4.78 is 7.26. The van der Waals surface area contributed by atoms with E-state index in [-0.39, 0.29) is 5.75 Å². The van der Waals surface area contributed by atoms with E-state index in [9.17, 15) is 5.11 Å². The monoisotopic (exact) mass is 332 g/mol. The number of imidazole rings is 1. The molecule has 2 aromatic carbocycles. The van der Waals surface area contributed by atoms with Crippen molar-refractivity contribution in [2.45, 2.75) is 0 Å². The molecule has 4 rings (SSSR count). The van der Waals surface area contributed by atoms with Gasteiger partial charge in [0.2, 0.25) is 5.78 Å². The summed E-state index contributed by atoms with van der Waals surface area (Å²) in [5.74, 6) is 2.12. The fourth-order valence-electron chi connectivity index (χ4n) is 2.74. The molecule has 0 aliphatic rings. The Morgan fingerprint density at radius 1 is 1.04 bits per heavy atom. The maximum atomic E-state index is 10.3. The van der Waals surface area contributed by atoms with Gasteiger partial charge in [-0.2, -0.15) is 0 Å². The maximum Gasteiger partial charge on any atom is 0.235 e. The Kier molecular flexibility index (Phi) is 3.70. The predicted molar refractivity (Wildman–Crippen MR) is 96.4 cm³/mol. The predicted octanol–water partition coefficient (Wildman–Crippen LogP) is 3.85. The average molecular weight is 332 g/mol. The van der Waals surface area contributed by atoms with Gasteiger partial charge in [0.15, 0.2) is 0 Å². The summed E-state index contributed by atoms with van der Waals surface area (Å²) in [7, 11) is 1.63. The number of anilines is 2. The van der Waals surface area contributed by atoms with Crippen molar-refractivity contribution in [1.82, 2.24) is 14.4 Å². The quantitative estimate of drug-likeness (QED) is 0.594. The largest absolute Gasteiger partial charge is 0.507 e. The molecule has 2 N–H and O–H groups in total. The Balaban J connectivity index is 1.93. The Bertz CT molecular complexity index is 1040. The summed E-state index contributed by atoms with van der Waals surface area (Å²) in [5.41, 5.74) is 2.04. The molecule has 2 heterocycles. The smallest absolute Gasteiger partial charge is 0.235 e. The van der Waals surface area contributed by atoms with Crippen molar-refractivity contribution in [3.63, 3.8) is 0 Å². The first-order valence-electron chi connectivity index (χ1n) is 7.79. The second-order valence-electron chi connectivity index (χ2n) is 5.44. The number of fused-ring (bicyclic) bond motifs is 1. The second kappa shape index (κ2) is 6.16. The van der Waals surface area contributed by atoms with E-state index in [0.29, 0.717) is 28.6 Å². The van der Waals surface area contributed by atoms with Crippen LogP contribution in [0, 0.1) is 0 Å². The van der Waals surface area contributed by atoms with Gasteiger partial charge in [0.05, 0.1) is 12.8 Å². The lowest BCUT2D eigenvalue weighted by molar-refractivity contribution is 0.417. The van der Waals surface area contributed by atoms with Crippen LogP contribution in [-0.4, -0.2) is 26.6 Å². The van der Waals surface area contributed by atoms with Gasteiger partial charge in [-0.25, -0.2) is 9.97 Å². The number of hydrogen-bond donors (Lipinski definition) is 2. The lowest BCUT2D eigenvalue weighted by Gasteiger charge is -2.12. The minimum Gasteiger partial charge on any atom is -0.507 e. The Morgan fingerprint density at radius 3 is 2.68 bits per heavy atom. The van der Waals surface area contributed by atoms with Crippen LogP contribution in [0.15, 0.2) is 67.0 Å². The van der Waals surface area contributed by atoms with E-state index in [1.807, 2.05) is 53.1 Å². The number of ether oxygens (including phenoxy) is 1. The van der Waals surface area contributed by atoms with Crippen molar-refractivity contribution in [1.29, 1.82) is 0 Å². The Hall–Kier alpha value is -3.54. The molecule has 0 spiro atoms. The Morgan fingerprint density at radius 2 is 1.84 bits per heavy atom. The molecule has 124 valence electrons. The molecule has 0 bridgehead atoms. The zero-order valence-corrected chi connectivity index (χ0v) is 13.5. The van der Waals surface area contributed by atoms with Crippen LogP contribution >= 0.6 is 0 Å². The first-order chi connectivity index (χ1) is 12.3. The fourth-order valence-corrected chi connectivity index (χ4v) is 2.74. The zero-order valence-electron chi connectivity index (χ0n) is 13.5. The summed E-state index contributed by atoms with van der Waals surface area (Å²) in [5, 5.41) is 13.6. The van der Waals surface area contributed by atoms with Gasteiger partial charge in [0.25, 0.3) is 0 Å². The van der Waals surface area contributed by atoms with Crippen LogP contribution in [0.1, 0.15) is 0 Å². The van der Waals surface area contributed by atoms with E-state index >= 15 is 0 Å². The normalized spacial score (nSPS) is 10.8. The summed E-state index contributed by atoms with van der Waals surface area (Å²) in [6.45, 7) is 0. The number of aromatic nitrogens is 3. The number of aromatic hydroxyl groups is 1. The topological polar surface area (TPSA) is 71.7 Å². The van der Waals surface area contributed by atoms with Gasteiger partial charge in [-0.15, -0.1) is 0 Å². The molecule has 0 saturated carbocycles. The average Bonchev–Trinajstić information content (AvgIpc) is 3.01. The summed E-state index contributed by atoms with van der Waals surface area (Å²) in [6, 6.07) is 16.6. The van der Waals surface area contributed by atoms with Crippen molar-refractivity contribution in [3.8, 4) is 22.8 Å². The van der Waals surface area contributed by atoms with Gasteiger partial charge in [-0.3, -0.25) is 4.40 Å². The van der Waals surface area contributed by atoms with E-state index in [0.717, 1.165) is 5.69 Å². The summed E-state index contributed by atoms with van der Waals surface area (Å²) in [6.07, 6.45) is 3.56. The van der Waals surface area contributed by atoms with Crippen molar-refractivity contribution in [2.75, 3.05) is 12.4 Å². The highest BCUT2D eigenvalue weighted by molar-refractivity contribution is 5.82. The molecule has 0 saturated heterocycles. The molecule has 0 aliphatic heterocycles. The van der Waals surface area contributed by atoms with Crippen molar-refractivity contribution in [2.24, 2.45) is 0 Å². The molecule has 2 aromatic heterocycles. The number of methoxy groups -OCH3 is 1. The van der Waals surface area contributed by atoms with Gasteiger partial charge in [-0.1, -0.05) is 24.3 Å². The SMILES string of the molecule is COc1ccccc1Nc1c(-c2ccccc2O)nc2ncccn12. The highest BCUT2D eigenvalue weighted by atomic mass is 16.5. The standard InChI is InChI=1S/C19H16N4O2/c1-25-16-10-5-3-8-14(16)21-18-17(13-7-2-4-9-15(13)24)22-19-20-11-6-12-23(18)19/h2-12,21,24H,1H3. The third-order valence-electron chi connectivity index (χ3n) is 3.92. The molecule has 0 fully saturated rings. The number of nitrogens with one attached hydrogen (secondary N) is 1. The molecule has 0 amide bonds. The van der Waals surface area contributed by atoms with E-state index in [1.54, 1.807) is 25.4 Å². The van der Waals surface area contributed by atoms with Crippen LogP contribution in [0.3, 0.4) is 0 Å². The molecule has 0 unspecified atom stereocenters. The molecule has 25 heavy (non-hydrogen) atoms. The van der Waals surface area contributed by atoms with Gasteiger partial charge < -0.3 is 15.2 Å². The maximum absolute atomic E-state index is 10.3. The minimum atomic E-state index is 0.161. The van der Waals surface area contributed by atoms with E-state index in [2.05, 4.69) is 15.3 Å².